The van der Waals surface area contributed by atoms with Gasteiger partial charge >= 0.3 is 0 Å². The number of hydrogen-bond acceptors (Lipinski definition) is 4. The molecule has 1 aliphatic rings. The smallest absolute Gasteiger partial charge is 0.123 e. The molecule has 1 aromatic rings. The number of anilines is 2. The molecule has 4 heteroatoms. The second kappa shape index (κ2) is 6.05. The molecular formula is C13H20N2OS. The van der Waals surface area contributed by atoms with Crippen LogP contribution in [0, 0.1) is 5.92 Å². The molecule has 17 heavy (non-hydrogen) atoms. The average Bonchev–Trinajstić information content (AvgIpc) is 2.79. The van der Waals surface area contributed by atoms with Gasteiger partial charge in [-0.3, -0.25) is 0 Å². The van der Waals surface area contributed by atoms with Crippen LogP contribution in [0.1, 0.15) is 13.3 Å². The van der Waals surface area contributed by atoms with E-state index in [9.17, 15) is 0 Å². The van der Waals surface area contributed by atoms with Gasteiger partial charge in [0.05, 0.1) is 6.61 Å². The Bertz CT molecular complexity index is 364. The van der Waals surface area contributed by atoms with E-state index in [1.807, 2.05) is 36.9 Å². The molecule has 1 heterocycles. The highest BCUT2D eigenvalue weighted by Gasteiger charge is 2.14. The summed E-state index contributed by atoms with van der Waals surface area (Å²) in [6, 6.07) is 5.84. The first-order valence-corrected chi connectivity index (χ1v) is 7.28. The molecule has 0 aromatic heterocycles. The standard InChI is InChI=1S/C13H20N2OS/c1-2-16-13-6-11(14)5-12(7-13)15-8-10-3-4-17-9-10/h5-7,10,15H,2-4,8-9,14H2,1H3. The van der Waals surface area contributed by atoms with Gasteiger partial charge in [-0.2, -0.15) is 11.8 Å². The summed E-state index contributed by atoms with van der Waals surface area (Å²) in [5.41, 5.74) is 7.66. The minimum absolute atomic E-state index is 0.669. The maximum atomic E-state index is 5.85. The summed E-state index contributed by atoms with van der Waals surface area (Å²) in [4.78, 5) is 0. The van der Waals surface area contributed by atoms with Crippen LogP contribution in [0.4, 0.5) is 11.4 Å². The monoisotopic (exact) mass is 252 g/mol. The van der Waals surface area contributed by atoms with Gasteiger partial charge in [-0.1, -0.05) is 0 Å². The molecule has 1 aromatic carbocycles. The number of rotatable bonds is 5. The van der Waals surface area contributed by atoms with Crippen LogP contribution in [0.25, 0.3) is 0 Å². The third-order valence-corrected chi connectivity index (χ3v) is 4.09. The van der Waals surface area contributed by atoms with Crippen molar-refractivity contribution < 1.29 is 4.74 Å². The van der Waals surface area contributed by atoms with E-state index in [0.29, 0.717) is 6.61 Å². The minimum Gasteiger partial charge on any atom is -0.494 e. The van der Waals surface area contributed by atoms with E-state index < -0.39 is 0 Å². The Kier molecular flexibility index (Phi) is 4.42. The first-order chi connectivity index (χ1) is 8.28. The predicted octanol–water partition coefficient (Wildman–Crippen LogP) is 2.83. The molecule has 1 aliphatic heterocycles. The largest absolute Gasteiger partial charge is 0.494 e. The summed E-state index contributed by atoms with van der Waals surface area (Å²) >= 11 is 2.04. The number of nitrogen functional groups attached to an aromatic ring is 1. The van der Waals surface area contributed by atoms with Crippen LogP contribution >= 0.6 is 11.8 Å². The summed E-state index contributed by atoms with van der Waals surface area (Å²) in [6.07, 6.45) is 1.32. The van der Waals surface area contributed by atoms with Gasteiger partial charge in [0.15, 0.2) is 0 Å². The van der Waals surface area contributed by atoms with E-state index in [2.05, 4.69) is 5.32 Å². The van der Waals surface area contributed by atoms with E-state index in [4.69, 9.17) is 10.5 Å². The highest BCUT2D eigenvalue weighted by atomic mass is 32.2. The summed E-state index contributed by atoms with van der Waals surface area (Å²) in [5.74, 6) is 4.20. The first kappa shape index (κ1) is 12.4. The van der Waals surface area contributed by atoms with Crippen molar-refractivity contribution in [2.24, 2.45) is 5.92 Å². The molecule has 1 unspecified atom stereocenters. The molecule has 0 spiro atoms. The number of benzene rings is 1. The van der Waals surface area contributed by atoms with Crippen LogP contribution in [0.5, 0.6) is 5.75 Å². The van der Waals surface area contributed by atoms with Crippen LogP contribution in [-0.4, -0.2) is 24.7 Å². The van der Waals surface area contributed by atoms with Crippen molar-refractivity contribution in [3.05, 3.63) is 18.2 Å². The van der Waals surface area contributed by atoms with E-state index in [-0.39, 0.29) is 0 Å². The third-order valence-electron chi connectivity index (χ3n) is 2.86. The van der Waals surface area contributed by atoms with Crippen molar-refractivity contribution >= 4 is 23.1 Å². The molecule has 94 valence electrons. The van der Waals surface area contributed by atoms with E-state index in [1.165, 1.54) is 17.9 Å². The highest BCUT2D eigenvalue weighted by Crippen LogP contribution is 2.26. The van der Waals surface area contributed by atoms with Crippen molar-refractivity contribution in [2.75, 3.05) is 35.7 Å². The van der Waals surface area contributed by atoms with E-state index in [0.717, 1.165) is 29.6 Å². The number of ether oxygens (including phenoxy) is 1. The van der Waals surface area contributed by atoms with Gasteiger partial charge in [-0.15, -0.1) is 0 Å². The minimum atomic E-state index is 0.669. The van der Waals surface area contributed by atoms with Gasteiger partial charge in [0.25, 0.3) is 0 Å². The molecule has 0 saturated carbocycles. The SMILES string of the molecule is CCOc1cc(N)cc(NCC2CCSC2)c1. The second-order valence-corrected chi connectivity index (χ2v) is 5.48. The molecule has 0 radical (unpaired) electrons. The van der Waals surface area contributed by atoms with Gasteiger partial charge in [0.1, 0.15) is 5.75 Å². The number of hydrogen-bond donors (Lipinski definition) is 2. The summed E-state index contributed by atoms with van der Waals surface area (Å²) in [5, 5.41) is 3.45. The number of thioether (sulfide) groups is 1. The molecule has 3 N–H and O–H groups in total. The molecule has 2 rings (SSSR count). The predicted molar refractivity (Wildman–Crippen MR) is 75.9 cm³/mol. The van der Waals surface area contributed by atoms with Crippen LogP contribution in [0.3, 0.4) is 0 Å². The molecule has 1 saturated heterocycles. The molecule has 1 fully saturated rings. The van der Waals surface area contributed by atoms with Gasteiger partial charge in [-0.25, -0.2) is 0 Å². The maximum absolute atomic E-state index is 5.85. The second-order valence-electron chi connectivity index (χ2n) is 4.33. The highest BCUT2D eigenvalue weighted by molar-refractivity contribution is 7.99. The average molecular weight is 252 g/mol. The summed E-state index contributed by atoms with van der Waals surface area (Å²) in [6.45, 7) is 3.68. The normalized spacial score (nSPS) is 19.2. The quantitative estimate of drug-likeness (QED) is 0.791. The molecule has 0 aliphatic carbocycles. The van der Waals surface area contributed by atoms with Gasteiger partial charge in [-0.05, 0) is 36.8 Å². The van der Waals surface area contributed by atoms with Crippen LogP contribution < -0.4 is 15.8 Å². The lowest BCUT2D eigenvalue weighted by atomic mass is 10.1. The van der Waals surface area contributed by atoms with Crippen molar-refractivity contribution in [2.45, 2.75) is 13.3 Å². The Hall–Kier alpha value is -1.03. The Morgan fingerprint density at radius 1 is 1.47 bits per heavy atom. The lowest BCUT2D eigenvalue weighted by molar-refractivity contribution is 0.340. The van der Waals surface area contributed by atoms with Gasteiger partial charge < -0.3 is 15.8 Å². The maximum Gasteiger partial charge on any atom is 0.123 e. The van der Waals surface area contributed by atoms with Gasteiger partial charge in [0.2, 0.25) is 0 Å². The summed E-state index contributed by atoms with van der Waals surface area (Å²) in [7, 11) is 0. The zero-order chi connectivity index (χ0) is 12.1. The lowest BCUT2D eigenvalue weighted by Gasteiger charge is -2.13. The van der Waals surface area contributed by atoms with E-state index >= 15 is 0 Å². The number of nitrogens with two attached hydrogens (primary N) is 1. The summed E-state index contributed by atoms with van der Waals surface area (Å²) < 4.78 is 5.48. The Morgan fingerprint density at radius 2 is 2.35 bits per heavy atom. The first-order valence-electron chi connectivity index (χ1n) is 6.13. The zero-order valence-corrected chi connectivity index (χ0v) is 11.1. The topological polar surface area (TPSA) is 47.3 Å². The lowest BCUT2D eigenvalue weighted by Crippen LogP contribution is -2.13. The van der Waals surface area contributed by atoms with Crippen molar-refractivity contribution in [3.63, 3.8) is 0 Å². The van der Waals surface area contributed by atoms with Crippen LogP contribution in [0.15, 0.2) is 18.2 Å². The third kappa shape index (κ3) is 3.73. The Labute approximate surface area is 107 Å². The fraction of sp³-hybridized carbons (Fsp3) is 0.538. The van der Waals surface area contributed by atoms with Crippen molar-refractivity contribution in [1.82, 2.24) is 0 Å². The van der Waals surface area contributed by atoms with Gasteiger partial charge in [0, 0.05) is 30.1 Å². The fourth-order valence-corrected chi connectivity index (χ4v) is 3.27. The van der Waals surface area contributed by atoms with E-state index in [1.54, 1.807) is 0 Å². The fourth-order valence-electron chi connectivity index (χ4n) is 1.98. The Morgan fingerprint density at radius 3 is 3.06 bits per heavy atom. The van der Waals surface area contributed by atoms with Crippen LogP contribution in [0.2, 0.25) is 0 Å². The van der Waals surface area contributed by atoms with Crippen molar-refractivity contribution in [1.29, 1.82) is 0 Å². The zero-order valence-electron chi connectivity index (χ0n) is 10.2. The Balaban J connectivity index is 1.94. The molecule has 0 bridgehead atoms. The molecular weight excluding hydrogens is 232 g/mol. The molecule has 3 nitrogen and oxygen atoms in total. The molecule has 1 atom stereocenters. The number of nitrogens with one attached hydrogen (secondary N) is 1. The van der Waals surface area contributed by atoms with Crippen molar-refractivity contribution in [3.8, 4) is 5.75 Å². The molecule has 0 amide bonds. The van der Waals surface area contributed by atoms with Crippen LogP contribution in [-0.2, 0) is 0 Å².